The summed E-state index contributed by atoms with van der Waals surface area (Å²) >= 11 is 1.28. The van der Waals surface area contributed by atoms with Crippen molar-refractivity contribution in [1.82, 2.24) is 10.3 Å². The number of hydrogen-bond acceptors (Lipinski definition) is 9. The molecule has 0 unspecified atom stereocenters. The molecular formula is C31H35N5O5S3. The normalized spacial score (nSPS) is 22.5. The lowest BCUT2D eigenvalue weighted by Gasteiger charge is -2.31. The first-order valence-electron chi connectivity index (χ1n) is 14.9. The van der Waals surface area contributed by atoms with Crippen molar-refractivity contribution in [3.63, 3.8) is 0 Å². The molecule has 3 aromatic rings. The van der Waals surface area contributed by atoms with Crippen LogP contribution in [0.25, 0.3) is 10.4 Å². The first kappa shape index (κ1) is 30.6. The van der Waals surface area contributed by atoms with Crippen LogP contribution in [-0.2, 0) is 24.7 Å². The molecule has 0 spiro atoms. The number of carbonyl (C=O) groups is 1. The van der Waals surface area contributed by atoms with Gasteiger partial charge in [-0.15, -0.1) is 0 Å². The zero-order valence-electron chi connectivity index (χ0n) is 24.5. The van der Waals surface area contributed by atoms with Crippen LogP contribution in [0.15, 0.2) is 59.5 Å². The van der Waals surface area contributed by atoms with E-state index in [1.165, 1.54) is 22.7 Å². The first-order chi connectivity index (χ1) is 21.0. The highest BCUT2D eigenvalue weighted by Crippen LogP contribution is 2.47. The van der Waals surface area contributed by atoms with Gasteiger partial charge in [-0.3, -0.25) is 4.79 Å². The molecule has 2 aliphatic carbocycles. The number of amides is 1. The van der Waals surface area contributed by atoms with E-state index in [1.807, 2.05) is 24.3 Å². The zero-order valence-corrected chi connectivity index (χ0v) is 26.9. The Hall–Kier alpha value is -3.47. The highest BCUT2D eigenvalue weighted by molar-refractivity contribution is 7.93. The summed E-state index contributed by atoms with van der Waals surface area (Å²) in [5.74, 6) is -0.517. The van der Waals surface area contributed by atoms with Crippen molar-refractivity contribution in [3.8, 4) is 16.5 Å². The molecule has 6 rings (SSSR count). The van der Waals surface area contributed by atoms with Gasteiger partial charge >= 0.3 is 0 Å². The Morgan fingerprint density at radius 3 is 2.36 bits per heavy atom. The van der Waals surface area contributed by atoms with Crippen LogP contribution in [0.3, 0.4) is 0 Å². The average molecular weight is 654 g/mol. The highest BCUT2D eigenvalue weighted by Gasteiger charge is 2.47. The van der Waals surface area contributed by atoms with Gasteiger partial charge in [0, 0.05) is 37.7 Å². The molecule has 3 fully saturated rings. The van der Waals surface area contributed by atoms with Gasteiger partial charge in [-0.1, -0.05) is 54.5 Å². The molecule has 2 atom stereocenters. The number of nitriles is 1. The van der Waals surface area contributed by atoms with E-state index in [2.05, 4.69) is 16.3 Å². The van der Waals surface area contributed by atoms with Crippen molar-refractivity contribution in [1.29, 1.82) is 5.26 Å². The third-order valence-corrected chi connectivity index (χ3v) is 13.6. The summed E-state index contributed by atoms with van der Waals surface area (Å²) < 4.78 is 52.1. The van der Waals surface area contributed by atoms with Crippen molar-refractivity contribution in [2.45, 2.75) is 54.9 Å². The Balaban J connectivity index is 1.37. The van der Waals surface area contributed by atoms with Gasteiger partial charge in [0.15, 0.2) is 15.0 Å². The van der Waals surface area contributed by atoms with Crippen molar-refractivity contribution >= 4 is 47.9 Å². The molecule has 10 nitrogen and oxygen atoms in total. The van der Waals surface area contributed by atoms with Gasteiger partial charge in [0.05, 0.1) is 33.0 Å². The molecule has 1 N–H and O–H groups in total. The summed E-state index contributed by atoms with van der Waals surface area (Å²) in [5, 5.41) is 12.9. The Kier molecular flexibility index (Phi) is 8.19. The van der Waals surface area contributed by atoms with E-state index in [0.29, 0.717) is 43.2 Å². The number of benzene rings is 2. The van der Waals surface area contributed by atoms with Crippen LogP contribution in [0.5, 0.6) is 0 Å². The SMILES string of the molecule is CN(c1nc([C@@H]2CCCC[C@H]2C(=O)NC2(C#N)CC2)c(-c2ccc(N3CCS(=O)(=O)CC3)cc2)s1)S(=O)(=O)c1ccccc1. The first-order valence-corrected chi connectivity index (χ1v) is 18.9. The third kappa shape index (κ3) is 6.07. The monoisotopic (exact) mass is 653 g/mol. The summed E-state index contributed by atoms with van der Waals surface area (Å²) in [6.07, 6.45) is 4.50. The van der Waals surface area contributed by atoms with Crippen molar-refractivity contribution in [3.05, 3.63) is 60.3 Å². The molecule has 232 valence electrons. The Morgan fingerprint density at radius 1 is 1.07 bits per heavy atom. The quantitative estimate of drug-likeness (QED) is 0.379. The average Bonchev–Trinajstić information content (AvgIpc) is 3.67. The minimum atomic E-state index is -3.88. The Labute approximate surface area is 262 Å². The van der Waals surface area contributed by atoms with Crippen molar-refractivity contribution < 1.29 is 21.6 Å². The molecule has 3 aliphatic rings. The minimum absolute atomic E-state index is 0.123. The number of thiazole rings is 1. The summed E-state index contributed by atoms with van der Waals surface area (Å²) in [4.78, 5) is 21.5. The van der Waals surface area contributed by atoms with Gasteiger partial charge in [-0.05, 0) is 55.5 Å². The molecule has 2 saturated carbocycles. The van der Waals surface area contributed by atoms with Crippen LogP contribution in [0.1, 0.15) is 50.1 Å². The molecule has 2 heterocycles. The second-order valence-electron chi connectivity index (χ2n) is 11.9. The number of hydrogen-bond donors (Lipinski definition) is 1. The van der Waals surface area contributed by atoms with E-state index in [1.54, 1.807) is 30.3 Å². The van der Waals surface area contributed by atoms with Gasteiger partial charge in [0.2, 0.25) is 5.91 Å². The number of sulfonamides is 1. The fraction of sp³-hybridized carbons (Fsp3) is 0.452. The fourth-order valence-electron chi connectivity index (χ4n) is 6.05. The van der Waals surface area contributed by atoms with E-state index < -0.39 is 25.4 Å². The lowest BCUT2D eigenvalue weighted by Crippen LogP contribution is -2.42. The molecular weight excluding hydrogens is 619 g/mol. The third-order valence-electron chi connectivity index (χ3n) is 8.93. The molecule has 1 aromatic heterocycles. The molecule has 0 radical (unpaired) electrons. The second kappa shape index (κ2) is 11.8. The van der Waals surface area contributed by atoms with Gasteiger partial charge in [0.1, 0.15) is 5.54 Å². The number of nitrogens with one attached hydrogen (secondary N) is 1. The molecule has 1 amide bonds. The topological polar surface area (TPSA) is 141 Å². The molecule has 13 heteroatoms. The summed E-state index contributed by atoms with van der Waals surface area (Å²) in [6, 6.07) is 18.3. The van der Waals surface area contributed by atoms with E-state index in [9.17, 15) is 26.9 Å². The van der Waals surface area contributed by atoms with Crippen LogP contribution in [-0.4, -0.2) is 64.9 Å². The number of sulfone groups is 1. The standard InChI is InChI=1S/C31H35N5O5S3/c1-35(44(40,41)24-7-3-2-4-8-24)30-33-27(25-9-5-6-10-26(25)29(37)34-31(21-32)15-16-31)28(42-30)22-11-13-23(14-12-22)36-17-19-43(38,39)20-18-36/h2-4,7-8,11-14,25-26H,5-6,9-10,15-20H2,1H3,(H,34,37)/t25-,26-/m1/s1. The molecule has 2 aromatic carbocycles. The molecule has 1 saturated heterocycles. The lowest BCUT2D eigenvalue weighted by molar-refractivity contribution is -0.127. The van der Waals surface area contributed by atoms with E-state index >= 15 is 0 Å². The molecule has 1 aliphatic heterocycles. The van der Waals surface area contributed by atoms with E-state index in [-0.39, 0.29) is 34.1 Å². The van der Waals surface area contributed by atoms with Crippen LogP contribution >= 0.6 is 11.3 Å². The fourth-order valence-corrected chi connectivity index (χ4v) is 9.73. The zero-order chi connectivity index (χ0) is 31.1. The summed E-state index contributed by atoms with van der Waals surface area (Å²) in [5.41, 5.74) is 1.68. The van der Waals surface area contributed by atoms with E-state index in [4.69, 9.17) is 4.98 Å². The van der Waals surface area contributed by atoms with Crippen molar-refractivity contribution in [2.24, 2.45) is 5.92 Å². The lowest BCUT2D eigenvalue weighted by atomic mass is 9.76. The summed E-state index contributed by atoms with van der Waals surface area (Å²) in [6.45, 7) is 0.867. The largest absolute Gasteiger partial charge is 0.369 e. The van der Waals surface area contributed by atoms with Gasteiger partial charge in [-0.25, -0.2) is 26.1 Å². The maximum atomic E-state index is 13.6. The number of aromatic nitrogens is 1. The minimum Gasteiger partial charge on any atom is -0.369 e. The Morgan fingerprint density at radius 2 is 1.73 bits per heavy atom. The maximum Gasteiger partial charge on any atom is 0.265 e. The van der Waals surface area contributed by atoms with Crippen LogP contribution in [0, 0.1) is 17.2 Å². The molecule has 0 bridgehead atoms. The van der Waals surface area contributed by atoms with Crippen LogP contribution in [0.2, 0.25) is 0 Å². The number of anilines is 2. The molecule has 44 heavy (non-hydrogen) atoms. The van der Waals surface area contributed by atoms with Crippen LogP contribution in [0.4, 0.5) is 10.8 Å². The van der Waals surface area contributed by atoms with Gasteiger partial charge in [0.25, 0.3) is 10.0 Å². The van der Waals surface area contributed by atoms with Crippen LogP contribution < -0.4 is 14.5 Å². The van der Waals surface area contributed by atoms with E-state index in [0.717, 1.165) is 35.4 Å². The van der Waals surface area contributed by atoms with Gasteiger partial charge in [-0.2, -0.15) is 5.26 Å². The predicted octanol–water partition coefficient (Wildman–Crippen LogP) is 4.32. The van der Waals surface area contributed by atoms with Crippen molar-refractivity contribution in [2.75, 3.05) is 40.8 Å². The predicted molar refractivity (Wildman–Crippen MR) is 171 cm³/mol. The number of rotatable bonds is 8. The number of nitrogens with zero attached hydrogens (tertiary/aromatic N) is 4. The maximum absolute atomic E-state index is 13.6. The smallest absolute Gasteiger partial charge is 0.265 e. The second-order valence-corrected chi connectivity index (χ2v) is 17.1. The Bertz CT molecular complexity index is 1780. The van der Waals surface area contributed by atoms with Gasteiger partial charge < -0.3 is 10.2 Å². The highest BCUT2D eigenvalue weighted by atomic mass is 32.2. The summed E-state index contributed by atoms with van der Waals surface area (Å²) in [7, 11) is -5.39. The number of carbonyl (C=O) groups excluding carboxylic acids is 1.